The van der Waals surface area contributed by atoms with Crippen LogP contribution in [-0.4, -0.2) is 7.11 Å². The van der Waals surface area contributed by atoms with E-state index in [9.17, 15) is 5.26 Å². The molecular weight excluding hydrogens is 478 g/mol. The number of hydrogen-bond acceptors (Lipinski definition) is 3. The van der Waals surface area contributed by atoms with Crippen LogP contribution in [0.3, 0.4) is 0 Å². The summed E-state index contributed by atoms with van der Waals surface area (Å²) in [4.78, 5) is 0. The summed E-state index contributed by atoms with van der Waals surface area (Å²) in [5.74, 6) is 1.74. The lowest BCUT2D eigenvalue weighted by Gasteiger charge is -2.40. The predicted octanol–water partition coefficient (Wildman–Crippen LogP) is 8.60. The zero-order valence-electron chi connectivity index (χ0n) is 22.4. The molecule has 0 N–H and O–H groups in total. The molecule has 4 aromatic carbocycles. The molecule has 7 rings (SSSR count). The molecular formula is C36H29NO2. The molecule has 1 heterocycles. The minimum atomic E-state index is -0.718. The van der Waals surface area contributed by atoms with Gasteiger partial charge in [0.1, 0.15) is 11.5 Å². The maximum atomic E-state index is 9.64. The molecule has 39 heavy (non-hydrogen) atoms. The molecule has 3 nitrogen and oxygen atoms in total. The fourth-order valence-corrected chi connectivity index (χ4v) is 6.77. The average molecular weight is 508 g/mol. The number of benzene rings is 4. The Balaban J connectivity index is 1.52. The first-order chi connectivity index (χ1) is 19.0. The third-order valence-electron chi connectivity index (χ3n) is 8.68. The predicted molar refractivity (Wildman–Crippen MR) is 157 cm³/mol. The van der Waals surface area contributed by atoms with Crippen LogP contribution in [0, 0.1) is 11.3 Å². The van der Waals surface area contributed by atoms with E-state index >= 15 is 0 Å². The minimum absolute atomic E-state index is 0.285. The van der Waals surface area contributed by atoms with Crippen LogP contribution < -0.4 is 9.47 Å². The molecule has 3 heteroatoms. The molecule has 0 radical (unpaired) electrons. The second kappa shape index (κ2) is 8.48. The van der Waals surface area contributed by atoms with Gasteiger partial charge in [-0.1, -0.05) is 80.6 Å². The van der Waals surface area contributed by atoms with Crippen LogP contribution in [0.5, 0.6) is 11.5 Å². The highest BCUT2D eigenvalue weighted by atomic mass is 16.5. The molecule has 0 spiro atoms. The lowest BCUT2D eigenvalue weighted by atomic mass is 9.75. The molecule has 190 valence electrons. The normalized spacial score (nSPS) is 19.9. The smallest absolute Gasteiger partial charge is 0.174 e. The molecule has 0 bridgehead atoms. The van der Waals surface area contributed by atoms with Crippen molar-refractivity contribution in [3.05, 3.63) is 124 Å². The zero-order valence-corrected chi connectivity index (χ0v) is 22.4. The number of ether oxygens (including phenoxy) is 2. The van der Waals surface area contributed by atoms with Gasteiger partial charge in [0.05, 0.1) is 18.7 Å². The second-order valence-corrected chi connectivity index (χ2v) is 11.1. The van der Waals surface area contributed by atoms with Crippen molar-refractivity contribution in [1.29, 1.82) is 5.26 Å². The van der Waals surface area contributed by atoms with Gasteiger partial charge >= 0.3 is 0 Å². The first-order valence-corrected chi connectivity index (χ1v) is 13.5. The van der Waals surface area contributed by atoms with Crippen LogP contribution >= 0.6 is 0 Å². The molecule has 0 aromatic heterocycles. The Labute approximate surface area is 229 Å². The fraction of sp³-hybridized carbons (Fsp3) is 0.194. The van der Waals surface area contributed by atoms with Gasteiger partial charge in [0.2, 0.25) is 0 Å². The SMILES string of the molecule is COc1ccc(C2(C3=CC=CCC3)C=Cc3c4c(c5ccccc5c3O2)-c2ccc(C#N)cc2C4(C)C)cc1. The summed E-state index contributed by atoms with van der Waals surface area (Å²) in [6.07, 6.45) is 13.0. The van der Waals surface area contributed by atoms with E-state index in [1.165, 1.54) is 33.2 Å². The van der Waals surface area contributed by atoms with Crippen LogP contribution in [0.2, 0.25) is 0 Å². The standard InChI is InChI=1S/C36H29NO2/c1-35(2)31-21-23(22-37)13-18-29(31)32-27-11-7-8-12-28(27)34-30(33(32)35)19-20-36(39-34,24-9-5-4-6-10-24)25-14-16-26(38-3)17-15-25/h4-5,7-9,11-21H,6,10H2,1-3H3. The molecule has 0 fully saturated rings. The van der Waals surface area contributed by atoms with Crippen molar-refractivity contribution in [2.75, 3.05) is 7.11 Å². The summed E-state index contributed by atoms with van der Waals surface area (Å²) in [5, 5.41) is 11.9. The summed E-state index contributed by atoms with van der Waals surface area (Å²) in [7, 11) is 1.69. The highest BCUT2D eigenvalue weighted by Crippen LogP contribution is 2.58. The summed E-state index contributed by atoms with van der Waals surface area (Å²) in [5.41, 5.74) is 8.04. The molecule has 2 aliphatic carbocycles. The van der Waals surface area contributed by atoms with Crippen LogP contribution in [0.4, 0.5) is 0 Å². The van der Waals surface area contributed by atoms with Gasteiger partial charge in [-0.15, -0.1) is 0 Å². The van der Waals surface area contributed by atoms with Gasteiger partial charge in [-0.3, -0.25) is 0 Å². The lowest BCUT2D eigenvalue weighted by Crippen LogP contribution is -2.36. The molecule has 4 aromatic rings. The number of nitrogens with zero attached hydrogens (tertiary/aromatic N) is 1. The molecule has 0 saturated carbocycles. The van der Waals surface area contributed by atoms with E-state index < -0.39 is 5.60 Å². The Kier molecular flexibility index (Phi) is 5.12. The second-order valence-electron chi connectivity index (χ2n) is 11.1. The van der Waals surface area contributed by atoms with Crippen molar-refractivity contribution in [3.8, 4) is 28.7 Å². The first-order valence-electron chi connectivity index (χ1n) is 13.5. The summed E-state index contributed by atoms with van der Waals surface area (Å²) >= 11 is 0. The number of methoxy groups -OCH3 is 1. The number of allylic oxidation sites excluding steroid dienone is 3. The lowest BCUT2D eigenvalue weighted by molar-refractivity contribution is 0.154. The monoisotopic (exact) mass is 507 g/mol. The largest absolute Gasteiger partial charge is 0.497 e. The highest BCUT2D eigenvalue weighted by molar-refractivity contribution is 6.08. The van der Waals surface area contributed by atoms with E-state index in [-0.39, 0.29) is 5.41 Å². The summed E-state index contributed by atoms with van der Waals surface area (Å²) < 4.78 is 12.8. The van der Waals surface area contributed by atoms with Crippen molar-refractivity contribution in [2.45, 2.75) is 37.7 Å². The van der Waals surface area contributed by atoms with E-state index in [0.717, 1.165) is 40.9 Å². The molecule has 1 atom stereocenters. The summed E-state index contributed by atoms with van der Waals surface area (Å²) in [6.45, 7) is 4.53. The Morgan fingerprint density at radius 3 is 2.49 bits per heavy atom. The van der Waals surface area contributed by atoms with Gasteiger partial charge in [0.15, 0.2) is 5.60 Å². The average Bonchev–Trinajstić information content (AvgIpc) is 3.23. The van der Waals surface area contributed by atoms with E-state index in [0.29, 0.717) is 5.56 Å². The first kappa shape index (κ1) is 23.6. The number of nitriles is 1. The Hall–Kier alpha value is -4.55. The topological polar surface area (TPSA) is 42.2 Å². The van der Waals surface area contributed by atoms with E-state index in [1.807, 2.05) is 18.2 Å². The fourth-order valence-electron chi connectivity index (χ4n) is 6.77. The number of hydrogen-bond donors (Lipinski definition) is 0. The molecule has 3 aliphatic rings. The van der Waals surface area contributed by atoms with Gasteiger partial charge in [0.25, 0.3) is 0 Å². The molecule has 0 saturated heterocycles. The van der Waals surface area contributed by atoms with Crippen LogP contribution in [-0.2, 0) is 11.0 Å². The number of fused-ring (bicyclic) bond motifs is 8. The molecule has 1 unspecified atom stereocenters. The quantitative estimate of drug-likeness (QED) is 0.279. The third kappa shape index (κ3) is 3.28. The van der Waals surface area contributed by atoms with Gasteiger partial charge in [-0.25, -0.2) is 0 Å². The van der Waals surface area contributed by atoms with Crippen molar-refractivity contribution in [2.24, 2.45) is 0 Å². The zero-order chi connectivity index (χ0) is 26.8. The van der Waals surface area contributed by atoms with Crippen molar-refractivity contribution in [3.63, 3.8) is 0 Å². The van der Waals surface area contributed by atoms with Crippen molar-refractivity contribution >= 4 is 16.8 Å². The van der Waals surface area contributed by atoms with Gasteiger partial charge in [0, 0.05) is 21.9 Å². The molecule has 0 amide bonds. The van der Waals surface area contributed by atoms with E-state index in [1.54, 1.807) is 7.11 Å². The minimum Gasteiger partial charge on any atom is -0.497 e. The van der Waals surface area contributed by atoms with E-state index in [2.05, 4.69) is 98.8 Å². The highest BCUT2D eigenvalue weighted by Gasteiger charge is 2.44. The Morgan fingerprint density at radius 2 is 1.77 bits per heavy atom. The van der Waals surface area contributed by atoms with Gasteiger partial charge < -0.3 is 9.47 Å². The van der Waals surface area contributed by atoms with Crippen LogP contribution in [0.1, 0.15) is 54.5 Å². The third-order valence-corrected chi connectivity index (χ3v) is 8.68. The van der Waals surface area contributed by atoms with Crippen molar-refractivity contribution in [1.82, 2.24) is 0 Å². The van der Waals surface area contributed by atoms with Crippen LogP contribution in [0.25, 0.3) is 28.0 Å². The van der Waals surface area contributed by atoms with Gasteiger partial charge in [-0.2, -0.15) is 5.26 Å². The maximum Gasteiger partial charge on any atom is 0.174 e. The number of rotatable bonds is 3. The Bertz CT molecular complexity index is 1800. The van der Waals surface area contributed by atoms with E-state index in [4.69, 9.17) is 9.47 Å². The summed E-state index contributed by atoms with van der Waals surface area (Å²) in [6, 6.07) is 25.3. The molecule has 1 aliphatic heterocycles. The van der Waals surface area contributed by atoms with Crippen LogP contribution in [0.15, 0.2) is 96.6 Å². The van der Waals surface area contributed by atoms with Crippen molar-refractivity contribution < 1.29 is 9.47 Å². The maximum absolute atomic E-state index is 9.64. The van der Waals surface area contributed by atoms with Gasteiger partial charge in [-0.05, 0) is 76.4 Å². The Morgan fingerprint density at radius 1 is 0.974 bits per heavy atom.